The van der Waals surface area contributed by atoms with Crippen LogP contribution in [0.1, 0.15) is 10.4 Å². The van der Waals surface area contributed by atoms with Crippen LogP contribution in [0.3, 0.4) is 0 Å². The SMILES string of the molecule is Nc1cccc(C(=O)N2CC(O)C(O)C2)c1. The molecule has 0 spiro atoms. The van der Waals surface area contributed by atoms with Gasteiger partial charge in [0.05, 0.1) is 12.2 Å². The molecule has 2 unspecified atom stereocenters. The summed E-state index contributed by atoms with van der Waals surface area (Å²) in [7, 11) is 0. The van der Waals surface area contributed by atoms with E-state index in [2.05, 4.69) is 0 Å². The van der Waals surface area contributed by atoms with E-state index in [9.17, 15) is 15.0 Å². The van der Waals surface area contributed by atoms with Crippen molar-refractivity contribution < 1.29 is 15.0 Å². The van der Waals surface area contributed by atoms with Gasteiger partial charge in [0, 0.05) is 24.3 Å². The highest BCUT2D eigenvalue weighted by molar-refractivity contribution is 5.95. The van der Waals surface area contributed by atoms with Gasteiger partial charge in [-0.05, 0) is 18.2 Å². The minimum Gasteiger partial charge on any atom is -0.399 e. The van der Waals surface area contributed by atoms with Gasteiger partial charge < -0.3 is 20.8 Å². The van der Waals surface area contributed by atoms with Gasteiger partial charge in [0.1, 0.15) is 0 Å². The van der Waals surface area contributed by atoms with Gasteiger partial charge in [-0.25, -0.2) is 0 Å². The average Bonchev–Trinajstić information content (AvgIpc) is 2.58. The lowest BCUT2D eigenvalue weighted by molar-refractivity contribution is 0.0572. The van der Waals surface area contributed by atoms with Crippen LogP contribution < -0.4 is 5.73 Å². The van der Waals surface area contributed by atoms with E-state index in [1.165, 1.54) is 4.90 Å². The number of amides is 1. The first kappa shape index (κ1) is 10.9. The van der Waals surface area contributed by atoms with Crippen molar-refractivity contribution in [1.29, 1.82) is 0 Å². The second kappa shape index (κ2) is 4.11. The summed E-state index contributed by atoms with van der Waals surface area (Å²) in [6.07, 6.45) is -1.71. The lowest BCUT2D eigenvalue weighted by atomic mass is 10.2. The van der Waals surface area contributed by atoms with Crippen molar-refractivity contribution in [1.82, 2.24) is 4.90 Å². The molecule has 2 rings (SSSR count). The smallest absolute Gasteiger partial charge is 0.254 e. The summed E-state index contributed by atoms with van der Waals surface area (Å²) in [4.78, 5) is 13.4. The maximum absolute atomic E-state index is 11.9. The number of likely N-dealkylation sites (tertiary alicyclic amines) is 1. The molecule has 0 aliphatic carbocycles. The van der Waals surface area contributed by atoms with Gasteiger partial charge in [-0.2, -0.15) is 0 Å². The molecule has 0 aromatic heterocycles. The Labute approximate surface area is 93.1 Å². The fraction of sp³-hybridized carbons (Fsp3) is 0.364. The van der Waals surface area contributed by atoms with E-state index in [1.54, 1.807) is 24.3 Å². The summed E-state index contributed by atoms with van der Waals surface area (Å²) < 4.78 is 0. The van der Waals surface area contributed by atoms with Crippen LogP contribution in [0.4, 0.5) is 5.69 Å². The highest BCUT2D eigenvalue weighted by atomic mass is 16.3. The Morgan fingerprint density at radius 2 is 1.94 bits per heavy atom. The zero-order valence-corrected chi connectivity index (χ0v) is 8.71. The monoisotopic (exact) mass is 222 g/mol. The van der Waals surface area contributed by atoms with Gasteiger partial charge in [-0.1, -0.05) is 6.07 Å². The molecule has 1 fully saturated rings. The number of β-amino-alcohol motifs (C(OH)–C–C–N with tert-alkyl or cyclic N) is 2. The lowest BCUT2D eigenvalue weighted by Gasteiger charge is -2.15. The Hall–Kier alpha value is -1.59. The molecule has 1 aromatic carbocycles. The molecule has 2 atom stereocenters. The molecule has 1 aliphatic rings. The molecule has 1 amide bonds. The summed E-state index contributed by atoms with van der Waals surface area (Å²) in [6, 6.07) is 6.64. The van der Waals surface area contributed by atoms with Crippen molar-refractivity contribution >= 4 is 11.6 Å². The maximum atomic E-state index is 11.9. The molecule has 0 bridgehead atoms. The number of hydrogen-bond donors (Lipinski definition) is 3. The van der Waals surface area contributed by atoms with Crippen LogP contribution >= 0.6 is 0 Å². The molecule has 16 heavy (non-hydrogen) atoms. The Kier molecular flexibility index (Phi) is 2.80. The average molecular weight is 222 g/mol. The molecule has 86 valence electrons. The van der Waals surface area contributed by atoms with Crippen LogP contribution in [-0.2, 0) is 0 Å². The van der Waals surface area contributed by atoms with Crippen LogP contribution in [0.5, 0.6) is 0 Å². The van der Waals surface area contributed by atoms with Crippen LogP contribution in [0.25, 0.3) is 0 Å². The first-order valence-electron chi connectivity index (χ1n) is 5.09. The number of anilines is 1. The topological polar surface area (TPSA) is 86.8 Å². The molecule has 0 radical (unpaired) electrons. The molecular formula is C11H14N2O3. The standard InChI is InChI=1S/C11H14N2O3/c12-8-3-1-2-7(4-8)11(16)13-5-9(14)10(15)6-13/h1-4,9-10,14-15H,5-6,12H2. The van der Waals surface area contributed by atoms with Crippen molar-refractivity contribution in [3.05, 3.63) is 29.8 Å². The van der Waals surface area contributed by atoms with Crippen molar-refractivity contribution in [2.45, 2.75) is 12.2 Å². The van der Waals surface area contributed by atoms with E-state index in [1.807, 2.05) is 0 Å². The quantitative estimate of drug-likeness (QED) is 0.556. The zero-order valence-electron chi connectivity index (χ0n) is 8.71. The number of carbonyl (C=O) groups excluding carboxylic acids is 1. The second-order valence-electron chi connectivity index (χ2n) is 3.97. The summed E-state index contributed by atoms with van der Waals surface area (Å²) in [5, 5.41) is 18.7. The molecule has 5 heteroatoms. The van der Waals surface area contributed by atoms with Gasteiger partial charge in [0.2, 0.25) is 0 Å². The summed E-state index contributed by atoms with van der Waals surface area (Å²) in [6.45, 7) is 0.323. The highest BCUT2D eigenvalue weighted by Crippen LogP contribution is 2.15. The number of aliphatic hydroxyl groups is 2. The van der Waals surface area contributed by atoms with E-state index in [4.69, 9.17) is 5.73 Å². The van der Waals surface area contributed by atoms with E-state index in [0.29, 0.717) is 11.3 Å². The first-order valence-corrected chi connectivity index (χ1v) is 5.09. The minimum absolute atomic E-state index is 0.162. The molecular weight excluding hydrogens is 208 g/mol. The largest absolute Gasteiger partial charge is 0.399 e. The zero-order chi connectivity index (χ0) is 11.7. The normalized spacial score (nSPS) is 24.8. The van der Waals surface area contributed by atoms with Gasteiger partial charge in [-0.15, -0.1) is 0 Å². The molecule has 4 N–H and O–H groups in total. The third-order valence-corrected chi connectivity index (χ3v) is 2.68. The molecule has 1 heterocycles. The van der Waals surface area contributed by atoms with Gasteiger partial charge in [0.25, 0.3) is 5.91 Å². The molecule has 1 aliphatic heterocycles. The Morgan fingerprint density at radius 3 is 2.50 bits per heavy atom. The minimum atomic E-state index is -0.856. The fourth-order valence-corrected chi connectivity index (χ4v) is 1.79. The van der Waals surface area contributed by atoms with Crippen LogP contribution in [0, 0.1) is 0 Å². The van der Waals surface area contributed by atoms with E-state index >= 15 is 0 Å². The number of benzene rings is 1. The third-order valence-electron chi connectivity index (χ3n) is 2.68. The Morgan fingerprint density at radius 1 is 1.31 bits per heavy atom. The fourth-order valence-electron chi connectivity index (χ4n) is 1.79. The first-order chi connectivity index (χ1) is 7.58. The number of nitrogens with zero attached hydrogens (tertiary/aromatic N) is 1. The maximum Gasteiger partial charge on any atom is 0.254 e. The highest BCUT2D eigenvalue weighted by Gasteiger charge is 2.32. The number of aliphatic hydroxyl groups excluding tert-OH is 2. The third kappa shape index (κ3) is 2.00. The lowest BCUT2D eigenvalue weighted by Crippen LogP contribution is -2.29. The molecule has 0 saturated carbocycles. The number of carbonyl (C=O) groups is 1. The number of nitrogen functional groups attached to an aromatic ring is 1. The summed E-state index contributed by atoms with van der Waals surface area (Å²) in [5.41, 5.74) is 6.57. The number of rotatable bonds is 1. The van der Waals surface area contributed by atoms with Crippen molar-refractivity contribution in [3.63, 3.8) is 0 Å². The Balaban J connectivity index is 2.14. The van der Waals surface area contributed by atoms with E-state index < -0.39 is 12.2 Å². The van der Waals surface area contributed by atoms with Crippen molar-refractivity contribution in [2.75, 3.05) is 18.8 Å². The molecule has 5 nitrogen and oxygen atoms in total. The predicted molar refractivity (Wildman–Crippen MR) is 58.8 cm³/mol. The summed E-state index contributed by atoms with van der Waals surface area (Å²) in [5.74, 6) is -0.220. The number of hydrogen-bond acceptors (Lipinski definition) is 4. The van der Waals surface area contributed by atoms with Gasteiger partial charge in [0.15, 0.2) is 0 Å². The van der Waals surface area contributed by atoms with E-state index in [-0.39, 0.29) is 19.0 Å². The van der Waals surface area contributed by atoms with Crippen molar-refractivity contribution in [2.24, 2.45) is 0 Å². The van der Waals surface area contributed by atoms with Gasteiger partial charge >= 0.3 is 0 Å². The Bertz CT molecular complexity index is 398. The summed E-state index contributed by atoms with van der Waals surface area (Å²) >= 11 is 0. The van der Waals surface area contributed by atoms with Crippen molar-refractivity contribution in [3.8, 4) is 0 Å². The number of nitrogens with two attached hydrogens (primary N) is 1. The van der Waals surface area contributed by atoms with Crippen LogP contribution in [-0.4, -0.2) is 46.3 Å². The van der Waals surface area contributed by atoms with Crippen LogP contribution in [0.15, 0.2) is 24.3 Å². The molecule has 1 aromatic rings. The van der Waals surface area contributed by atoms with Crippen LogP contribution in [0.2, 0.25) is 0 Å². The second-order valence-corrected chi connectivity index (χ2v) is 3.97. The van der Waals surface area contributed by atoms with E-state index in [0.717, 1.165) is 0 Å². The van der Waals surface area contributed by atoms with Gasteiger partial charge in [-0.3, -0.25) is 4.79 Å². The molecule has 1 saturated heterocycles. The predicted octanol–water partition coefficient (Wildman–Crippen LogP) is -0.554.